The maximum absolute atomic E-state index is 12.2. The van der Waals surface area contributed by atoms with Crippen LogP contribution in [0, 0.1) is 5.41 Å². The fourth-order valence-electron chi connectivity index (χ4n) is 3.29. The molecule has 0 atom stereocenters. The SMILES string of the molecule is CSC1(CNC(=O)CC2(CC(=O)O)CCCCC2)CC1. The van der Waals surface area contributed by atoms with Gasteiger partial charge in [0.05, 0.1) is 6.42 Å². The average molecular weight is 299 g/mol. The molecule has 0 aromatic heterocycles. The van der Waals surface area contributed by atoms with Crippen molar-refractivity contribution in [1.82, 2.24) is 5.32 Å². The topological polar surface area (TPSA) is 66.4 Å². The maximum Gasteiger partial charge on any atom is 0.303 e. The molecular weight excluding hydrogens is 274 g/mol. The summed E-state index contributed by atoms with van der Waals surface area (Å²) in [5, 5.41) is 12.1. The largest absolute Gasteiger partial charge is 0.481 e. The van der Waals surface area contributed by atoms with Crippen LogP contribution in [0.25, 0.3) is 0 Å². The van der Waals surface area contributed by atoms with Crippen LogP contribution in [0.5, 0.6) is 0 Å². The minimum Gasteiger partial charge on any atom is -0.481 e. The molecule has 4 nitrogen and oxygen atoms in total. The molecule has 2 rings (SSSR count). The zero-order valence-electron chi connectivity index (χ0n) is 12.2. The zero-order valence-corrected chi connectivity index (χ0v) is 13.1. The highest BCUT2D eigenvalue weighted by molar-refractivity contribution is 8.00. The lowest BCUT2D eigenvalue weighted by molar-refractivity contribution is -0.141. The van der Waals surface area contributed by atoms with Crippen molar-refractivity contribution < 1.29 is 14.7 Å². The highest BCUT2D eigenvalue weighted by Gasteiger charge is 2.42. The number of carboxylic acids is 1. The molecule has 0 aromatic carbocycles. The smallest absolute Gasteiger partial charge is 0.303 e. The molecule has 2 fully saturated rings. The van der Waals surface area contributed by atoms with Gasteiger partial charge >= 0.3 is 5.97 Å². The molecule has 0 heterocycles. The van der Waals surface area contributed by atoms with E-state index < -0.39 is 5.97 Å². The zero-order chi connectivity index (χ0) is 14.6. The van der Waals surface area contributed by atoms with Crippen LogP contribution in [-0.2, 0) is 9.59 Å². The van der Waals surface area contributed by atoms with Crippen molar-refractivity contribution in [1.29, 1.82) is 0 Å². The van der Waals surface area contributed by atoms with E-state index in [0.29, 0.717) is 6.42 Å². The fraction of sp³-hybridized carbons (Fsp3) is 0.867. The Kier molecular flexibility index (Phi) is 4.99. The predicted octanol–water partition coefficient (Wildman–Crippen LogP) is 2.81. The number of carbonyl (C=O) groups is 2. The Morgan fingerprint density at radius 2 is 1.75 bits per heavy atom. The first-order chi connectivity index (χ1) is 9.49. The number of aliphatic carboxylic acids is 1. The van der Waals surface area contributed by atoms with Crippen molar-refractivity contribution >= 4 is 23.6 Å². The summed E-state index contributed by atoms with van der Waals surface area (Å²) < 4.78 is 0.266. The van der Waals surface area contributed by atoms with E-state index in [1.165, 1.54) is 19.3 Å². The molecular formula is C15H25NO3S. The van der Waals surface area contributed by atoms with Crippen molar-refractivity contribution in [3.05, 3.63) is 0 Å². The van der Waals surface area contributed by atoms with Crippen LogP contribution >= 0.6 is 11.8 Å². The maximum atomic E-state index is 12.2. The molecule has 2 saturated carbocycles. The van der Waals surface area contributed by atoms with Crippen molar-refractivity contribution in [3.8, 4) is 0 Å². The number of hydrogen-bond acceptors (Lipinski definition) is 3. The number of amides is 1. The second-order valence-corrected chi connectivity index (χ2v) is 7.75. The van der Waals surface area contributed by atoms with E-state index in [1.807, 2.05) is 11.8 Å². The Bertz CT molecular complexity index is 373. The number of carbonyl (C=O) groups excluding carboxylic acids is 1. The first-order valence-corrected chi connectivity index (χ1v) is 8.75. The van der Waals surface area contributed by atoms with Gasteiger partial charge in [-0.05, 0) is 37.4 Å². The highest BCUT2D eigenvalue weighted by Crippen LogP contribution is 2.47. The van der Waals surface area contributed by atoms with Crippen molar-refractivity contribution in [2.45, 2.75) is 62.5 Å². The van der Waals surface area contributed by atoms with Gasteiger partial charge in [-0.1, -0.05) is 19.3 Å². The second kappa shape index (κ2) is 6.37. The molecule has 0 spiro atoms. The van der Waals surface area contributed by atoms with Crippen LogP contribution < -0.4 is 5.32 Å². The van der Waals surface area contributed by atoms with Gasteiger partial charge in [-0.15, -0.1) is 0 Å². The van der Waals surface area contributed by atoms with Gasteiger partial charge in [0.15, 0.2) is 0 Å². The molecule has 0 unspecified atom stereocenters. The summed E-state index contributed by atoms with van der Waals surface area (Å²) in [7, 11) is 0. The van der Waals surface area contributed by atoms with E-state index >= 15 is 0 Å². The number of thioether (sulfide) groups is 1. The van der Waals surface area contributed by atoms with E-state index in [4.69, 9.17) is 5.11 Å². The summed E-state index contributed by atoms with van der Waals surface area (Å²) in [5.74, 6) is -0.740. The van der Waals surface area contributed by atoms with Crippen molar-refractivity contribution in [2.75, 3.05) is 12.8 Å². The average Bonchev–Trinajstić information content (AvgIpc) is 3.17. The Hall–Kier alpha value is -0.710. The van der Waals surface area contributed by atoms with E-state index in [9.17, 15) is 9.59 Å². The number of rotatable bonds is 7. The van der Waals surface area contributed by atoms with Crippen LogP contribution in [0.1, 0.15) is 57.8 Å². The van der Waals surface area contributed by atoms with E-state index in [0.717, 1.165) is 32.2 Å². The lowest BCUT2D eigenvalue weighted by Crippen LogP contribution is -2.38. The molecule has 0 aliphatic heterocycles. The quantitative estimate of drug-likeness (QED) is 0.758. The van der Waals surface area contributed by atoms with Crippen molar-refractivity contribution in [3.63, 3.8) is 0 Å². The summed E-state index contributed by atoms with van der Waals surface area (Å²) in [5.41, 5.74) is -0.301. The third kappa shape index (κ3) is 4.14. The van der Waals surface area contributed by atoms with Gasteiger partial charge in [0.2, 0.25) is 5.91 Å². The van der Waals surface area contributed by atoms with Gasteiger partial charge in [0, 0.05) is 17.7 Å². The van der Waals surface area contributed by atoms with Gasteiger partial charge < -0.3 is 10.4 Å². The molecule has 1 amide bonds. The molecule has 0 radical (unpaired) electrons. The van der Waals surface area contributed by atoms with E-state index in [-0.39, 0.29) is 22.5 Å². The molecule has 2 aliphatic rings. The number of hydrogen-bond donors (Lipinski definition) is 2. The summed E-state index contributed by atoms with van der Waals surface area (Å²) in [4.78, 5) is 23.3. The Morgan fingerprint density at radius 3 is 2.25 bits per heavy atom. The number of carboxylic acid groups (broad SMARTS) is 1. The standard InChI is InChI=1S/C15H25NO3S/c1-20-15(7-8-15)11-16-12(17)9-14(10-13(18)19)5-3-2-4-6-14/h2-11H2,1H3,(H,16,17)(H,18,19). The highest BCUT2D eigenvalue weighted by atomic mass is 32.2. The van der Waals surface area contributed by atoms with E-state index in [2.05, 4.69) is 11.6 Å². The summed E-state index contributed by atoms with van der Waals surface area (Å²) >= 11 is 1.83. The van der Waals surface area contributed by atoms with Crippen LogP contribution in [0.4, 0.5) is 0 Å². The number of nitrogens with one attached hydrogen (secondary N) is 1. The predicted molar refractivity (Wildman–Crippen MR) is 80.9 cm³/mol. The molecule has 0 saturated heterocycles. The van der Waals surface area contributed by atoms with E-state index in [1.54, 1.807) is 0 Å². The first-order valence-electron chi connectivity index (χ1n) is 7.53. The Morgan fingerprint density at radius 1 is 1.10 bits per heavy atom. The molecule has 5 heteroatoms. The third-order valence-electron chi connectivity index (χ3n) is 4.82. The molecule has 0 bridgehead atoms. The molecule has 20 heavy (non-hydrogen) atoms. The van der Waals surface area contributed by atoms with Crippen LogP contribution in [0.3, 0.4) is 0 Å². The lowest BCUT2D eigenvalue weighted by Gasteiger charge is -2.35. The first kappa shape index (κ1) is 15.7. The lowest BCUT2D eigenvalue weighted by atomic mass is 9.69. The van der Waals surface area contributed by atoms with Crippen molar-refractivity contribution in [2.24, 2.45) is 5.41 Å². The molecule has 114 valence electrons. The monoisotopic (exact) mass is 299 g/mol. The van der Waals surface area contributed by atoms with Gasteiger partial charge in [-0.25, -0.2) is 0 Å². The Labute approximate surface area is 125 Å². The fourth-order valence-corrected chi connectivity index (χ4v) is 4.02. The third-order valence-corrected chi connectivity index (χ3v) is 6.24. The molecule has 2 aliphatic carbocycles. The minimum atomic E-state index is -0.775. The van der Waals surface area contributed by atoms with Gasteiger partial charge in [0.1, 0.15) is 0 Å². The molecule has 2 N–H and O–H groups in total. The summed E-state index contributed by atoms with van der Waals surface area (Å²) in [6.45, 7) is 0.732. The van der Waals surface area contributed by atoms with Crippen LogP contribution in [-0.4, -0.2) is 34.5 Å². The van der Waals surface area contributed by atoms with Gasteiger partial charge in [-0.3, -0.25) is 9.59 Å². The summed E-state index contributed by atoms with van der Waals surface area (Å²) in [6.07, 6.45) is 9.97. The normalized spacial score (nSPS) is 23.1. The Balaban J connectivity index is 1.86. The van der Waals surface area contributed by atoms with Gasteiger partial charge in [-0.2, -0.15) is 11.8 Å². The minimum absolute atomic E-state index is 0.0356. The van der Waals surface area contributed by atoms with Crippen LogP contribution in [0.15, 0.2) is 0 Å². The second-order valence-electron chi connectivity index (χ2n) is 6.47. The summed E-state index contributed by atoms with van der Waals surface area (Å²) in [6, 6.07) is 0. The van der Waals surface area contributed by atoms with Crippen LogP contribution in [0.2, 0.25) is 0 Å². The van der Waals surface area contributed by atoms with Gasteiger partial charge in [0.25, 0.3) is 0 Å². The molecule has 0 aromatic rings.